The summed E-state index contributed by atoms with van der Waals surface area (Å²) in [5.74, 6) is 1.40. The van der Waals surface area contributed by atoms with E-state index >= 15 is 0 Å². The average Bonchev–Trinajstić information content (AvgIpc) is 2.26. The van der Waals surface area contributed by atoms with Crippen LogP contribution in [0.3, 0.4) is 0 Å². The summed E-state index contributed by atoms with van der Waals surface area (Å²) in [6.45, 7) is 0. The van der Waals surface area contributed by atoms with Crippen LogP contribution < -0.4 is 19.9 Å². The third-order valence-corrected chi connectivity index (χ3v) is 1.98. The lowest BCUT2D eigenvalue weighted by atomic mass is 10.1. The van der Waals surface area contributed by atoms with E-state index in [0.717, 1.165) is 0 Å². The standard InChI is InChI=1S/C10H14N2O3.ClH/c1-13-6-4-7(14-2)9(10(11)12)8(5-6)15-3;/h4-5H,1-3H3,(H3,11,12);1H. The molecule has 3 N–H and O–H groups in total. The Morgan fingerprint density at radius 3 is 1.75 bits per heavy atom. The van der Waals surface area contributed by atoms with Gasteiger partial charge in [0, 0.05) is 12.1 Å². The number of nitrogens with two attached hydrogens (primary N) is 1. The molecule has 5 nitrogen and oxygen atoms in total. The summed E-state index contributed by atoms with van der Waals surface area (Å²) in [7, 11) is 4.54. The van der Waals surface area contributed by atoms with E-state index in [4.69, 9.17) is 25.4 Å². The second-order valence-electron chi connectivity index (χ2n) is 2.82. The van der Waals surface area contributed by atoms with Crippen molar-refractivity contribution in [2.75, 3.05) is 21.3 Å². The molecule has 0 saturated carbocycles. The Kier molecular flexibility index (Phi) is 5.46. The van der Waals surface area contributed by atoms with E-state index in [1.54, 1.807) is 19.2 Å². The Bertz CT molecular complexity index is 357. The minimum Gasteiger partial charge on any atom is -0.496 e. The second-order valence-corrected chi connectivity index (χ2v) is 2.82. The lowest BCUT2D eigenvalue weighted by Gasteiger charge is -2.13. The van der Waals surface area contributed by atoms with Crippen molar-refractivity contribution in [3.05, 3.63) is 17.7 Å². The summed E-state index contributed by atoms with van der Waals surface area (Å²) in [6.07, 6.45) is 0. The van der Waals surface area contributed by atoms with Crippen LogP contribution in [0.1, 0.15) is 5.56 Å². The van der Waals surface area contributed by atoms with Crippen molar-refractivity contribution in [1.29, 1.82) is 5.41 Å². The van der Waals surface area contributed by atoms with Crippen molar-refractivity contribution in [3.63, 3.8) is 0 Å². The number of halogens is 1. The molecule has 0 aliphatic rings. The predicted octanol–water partition coefficient (Wildman–Crippen LogP) is 1.42. The van der Waals surface area contributed by atoms with Crippen molar-refractivity contribution in [3.8, 4) is 17.2 Å². The third-order valence-electron chi connectivity index (χ3n) is 1.98. The fourth-order valence-corrected chi connectivity index (χ4v) is 1.27. The minimum absolute atomic E-state index is 0. The number of ether oxygens (including phenoxy) is 3. The summed E-state index contributed by atoms with van der Waals surface area (Å²) in [5.41, 5.74) is 5.87. The molecule has 0 saturated heterocycles. The molecule has 1 rings (SSSR count). The van der Waals surface area contributed by atoms with E-state index in [9.17, 15) is 0 Å². The maximum atomic E-state index is 7.43. The van der Waals surface area contributed by atoms with E-state index in [-0.39, 0.29) is 18.2 Å². The van der Waals surface area contributed by atoms with Crippen LogP contribution in [-0.4, -0.2) is 27.2 Å². The first-order chi connectivity index (χ1) is 7.13. The molecule has 16 heavy (non-hydrogen) atoms. The number of hydrogen-bond acceptors (Lipinski definition) is 4. The lowest BCUT2D eigenvalue weighted by Crippen LogP contribution is -2.14. The molecule has 0 aromatic heterocycles. The molecule has 0 spiro atoms. The number of benzene rings is 1. The highest BCUT2D eigenvalue weighted by molar-refractivity contribution is 6.00. The lowest BCUT2D eigenvalue weighted by molar-refractivity contribution is 0.374. The number of hydrogen-bond donors (Lipinski definition) is 2. The van der Waals surface area contributed by atoms with E-state index in [1.165, 1.54) is 14.2 Å². The van der Waals surface area contributed by atoms with Crippen LogP contribution in [-0.2, 0) is 0 Å². The molecule has 90 valence electrons. The summed E-state index contributed by atoms with van der Waals surface area (Å²) in [6, 6.07) is 3.30. The number of amidine groups is 1. The monoisotopic (exact) mass is 246 g/mol. The number of nitrogens with one attached hydrogen (secondary N) is 1. The molecule has 0 heterocycles. The van der Waals surface area contributed by atoms with Crippen LogP contribution in [0.4, 0.5) is 0 Å². The Labute approximate surface area is 100 Å². The first-order valence-electron chi connectivity index (χ1n) is 4.28. The molecule has 0 bridgehead atoms. The van der Waals surface area contributed by atoms with Gasteiger partial charge >= 0.3 is 0 Å². The minimum atomic E-state index is -0.105. The van der Waals surface area contributed by atoms with Crippen LogP contribution in [0.15, 0.2) is 12.1 Å². The quantitative estimate of drug-likeness (QED) is 0.622. The molecule has 0 aliphatic carbocycles. The topological polar surface area (TPSA) is 77.6 Å². The van der Waals surface area contributed by atoms with Gasteiger partial charge < -0.3 is 19.9 Å². The second kappa shape index (κ2) is 6.07. The summed E-state index contributed by atoms with van der Waals surface area (Å²) >= 11 is 0. The SMILES string of the molecule is COc1cc(OC)c(C(=N)N)c(OC)c1.Cl. The van der Waals surface area contributed by atoms with Crippen LogP contribution in [0.5, 0.6) is 17.2 Å². The van der Waals surface area contributed by atoms with Crippen molar-refractivity contribution in [1.82, 2.24) is 0 Å². The van der Waals surface area contributed by atoms with Gasteiger partial charge in [-0.2, -0.15) is 0 Å². The molecule has 0 atom stereocenters. The average molecular weight is 247 g/mol. The highest BCUT2D eigenvalue weighted by Gasteiger charge is 2.15. The van der Waals surface area contributed by atoms with Gasteiger partial charge in [-0.15, -0.1) is 12.4 Å². The van der Waals surface area contributed by atoms with Gasteiger partial charge in [0.1, 0.15) is 28.6 Å². The normalized spacial score (nSPS) is 8.94. The highest BCUT2D eigenvalue weighted by Crippen LogP contribution is 2.33. The molecular formula is C10H15ClN2O3. The molecule has 0 aliphatic heterocycles. The molecule has 0 radical (unpaired) electrons. The fourth-order valence-electron chi connectivity index (χ4n) is 1.27. The Morgan fingerprint density at radius 1 is 1.06 bits per heavy atom. The molecular weight excluding hydrogens is 232 g/mol. The van der Waals surface area contributed by atoms with Gasteiger partial charge in [-0.05, 0) is 0 Å². The smallest absolute Gasteiger partial charge is 0.137 e. The molecule has 1 aromatic rings. The van der Waals surface area contributed by atoms with Gasteiger partial charge in [0.05, 0.1) is 21.3 Å². The van der Waals surface area contributed by atoms with Crippen LogP contribution in [0, 0.1) is 5.41 Å². The van der Waals surface area contributed by atoms with Gasteiger partial charge in [-0.25, -0.2) is 0 Å². The molecule has 0 unspecified atom stereocenters. The molecule has 1 aromatic carbocycles. The van der Waals surface area contributed by atoms with Crippen LogP contribution in [0.2, 0.25) is 0 Å². The zero-order chi connectivity index (χ0) is 11.4. The van der Waals surface area contributed by atoms with Crippen molar-refractivity contribution in [2.24, 2.45) is 5.73 Å². The summed E-state index contributed by atoms with van der Waals surface area (Å²) in [5, 5.41) is 7.43. The van der Waals surface area contributed by atoms with Gasteiger partial charge in [-0.3, -0.25) is 5.41 Å². The predicted molar refractivity (Wildman–Crippen MR) is 64.4 cm³/mol. The fraction of sp³-hybridized carbons (Fsp3) is 0.300. The van der Waals surface area contributed by atoms with E-state index in [0.29, 0.717) is 22.8 Å². The van der Waals surface area contributed by atoms with Crippen LogP contribution in [0.25, 0.3) is 0 Å². The van der Waals surface area contributed by atoms with E-state index in [1.807, 2.05) is 0 Å². The highest BCUT2D eigenvalue weighted by atomic mass is 35.5. The summed E-state index contributed by atoms with van der Waals surface area (Å²) in [4.78, 5) is 0. The number of rotatable bonds is 4. The van der Waals surface area contributed by atoms with E-state index in [2.05, 4.69) is 0 Å². The Balaban J connectivity index is 0.00000225. The Morgan fingerprint density at radius 2 is 1.50 bits per heavy atom. The zero-order valence-corrected chi connectivity index (χ0v) is 10.2. The largest absolute Gasteiger partial charge is 0.496 e. The molecule has 0 fully saturated rings. The van der Waals surface area contributed by atoms with E-state index < -0.39 is 0 Å². The van der Waals surface area contributed by atoms with Gasteiger partial charge in [0.25, 0.3) is 0 Å². The number of methoxy groups -OCH3 is 3. The van der Waals surface area contributed by atoms with Crippen molar-refractivity contribution < 1.29 is 14.2 Å². The number of nitrogen functional groups attached to an aromatic ring is 1. The molecule has 0 amide bonds. The maximum absolute atomic E-state index is 7.43. The van der Waals surface area contributed by atoms with Crippen molar-refractivity contribution >= 4 is 18.2 Å². The summed E-state index contributed by atoms with van der Waals surface area (Å²) < 4.78 is 15.3. The van der Waals surface area contributed by atoms with Gasteiger partial charge in [0.15, 0.2) is 0 Å². The molecule has 6 heteroatoms. The Hall–Kier alpha value is -1.62. The third kappa shape index (κ3) is 2.70. The van der Waals surface area contributed by atoms with Crippen LogP contribution >= 0.6 is 12.4 Å². The maximum Gasteiger partial charge on any atom is 0.137 e. The van der Waals surface area contributed by atoms with Gasteiger partial charge in [0.2, 0.25) is 0 Å². The zero-order valence-electron chi connectivity index (χ0n) is 9.37. The first-order valence-corrected chi connectivity index (χ1v) is 4.28. The van der Waals surface area contributed by atoms with Crippen molar-refractivity contribution in [2.45, 2.75) is 0 Å². The first kappa shape index (κ1) is 14.4. The van der Waals surface area contributed by atoms with Gasteiger partial charge in [-0.1, -0.05) is 0 Å².